The van der Waals surface area contributed by atoms with Crippen LogP contribution in [0.4, 0.5) is 0 Å². The van der Waals surface area contributed by atoms with Crippen molar-refractivity contribution in [3.63, 3.8) is 0 Å². The highest BCUT2D eigenvalue weighted by Crippen LogP contribution is 2.14. The first-order chi connectivity index (χ1) is 34.5. The van der Waals surface area contributed by atoms with Crippen LogP contribution in [0.5, 0.6) is 0 Å². The van der Waals surface area contributed by atoms with Crippen molar-refractivity contribution in [2.45, 2.75) is 194 Å². The number of nitrogens with one attached hydrogen (secondary N) is 8. The Morgan fingerprint density at radius 3 is 1.15 bits per heavy atom. The lowest BCUT2D eigenvalue weighted by Crippen LogP contribution is -2.61. The first-order valence-corrected chi connectivity index (χ1v) is 25.8. The van der Waals surface area contributed by atoms with E-state index in [2.05, 4.69) is 52.5 Å². The third kappa shape index (κ3) is 28.2. The van der Waals surface area contributed by atoms with Gasteiger partial charge in [-0.25, -0.2) is 0 Å². The van der Waals surface area contributed by atoms with Crippen molar-refractivity contribution in [3.05, 3.63) is 0 Å². The summed E-state index contributed by atoms with van der Waals surface area (Å²) in [5.74, 6) is -7.28. The molecule has 0 fully saturated rings. The Balaban J connectivity index is 6.55. The van der Waals surface area contributed by atoms with Gasteiger partial charge in [-0.1, -0.05) is 61.8 Å². The number of guanidine groups is 2. The molecular weight excluding hydrogens is 959 g/mol. The molecule has 0 aromatic rings. The fourth-order valence-corrected chi connectivity index (χ4v) is 7.45. The lowest BCUT2D eigenvalue weighted by Gasteiger charge is -2.29. The van der Waals surface area contributed by atoms with Crippen molar-refractivity contribution in [1.82, 2.24) is 42.5 Å². The second kappa shape index (κ2) is 35.8. The number of nitrogens with two attached hydrogens (primary N) is 7. The summed E-state index contributed by atoms with van der Waals surface area (Å²) in [6.07, 6.45) is 2.65. The molecule has 10 atom stereocenters. The van der Waals surface area contributed by atoms with Gasteiger partial charge in [-0.3, -0.25) is 53.1 Å². The van der Waals surface area contributed by atoms with Crippen LogP contribution in [-0.2, 0) is 43.2 Å². The van der Waals surface area contributed by atoms with Gasteiger partial charge in [0.25, 0.3) is 0 Å². The summed E-state index contributed by atoms with van der Waals surface area (Å²) in [5, 5.41) is 21.5. The number of amides is 9. The Bertz CT molecular complexity index is 1870. The quantitative estimate of drug-likeness (QED) is 0.0169. The highest BCUT2D eigenvalue weighted by Gasteiger charge is 2.35. The molecule has 74 heavy (non-hydrogen) atoms. The van der Waals surface area contributed by atoms with Crippen LogP contribution in [0.3, 0.4) is 0 Å². The minimum absolute atomic E-state index is 0.00423. The molecule has 0 rings (SSSR count). The van der Waals surface area contributed by atoms with Crippen LogP contribution in [0, 0.1) is 23.7 Å². The summed E-state index contributed by atoms with van der Waals surface area (Å²) >= 11 is 0. The summed E-state index contributed by atoms with van der Waals surface area (Å²) in [7, 11) is 0. The highest BCUT2D eigenvalue weighted by molar-refractivity contribution is 5.98. The van der Waals surface area contributed by atoms with E-state index in [9.17, 15) is 43.2 Å². The third-order valence-corrected chi connectivity index (χ3v) is 11.7. The molecule has 0 unspecified atom stereocenters. The fraction of sp³-hybridized carbons (Fsp3) is 0.771. The van der Waals surface area contributed by atoms with Crippen LogP contribution >= 0.6 is 0 Å². The van der Waals surface area contributed by atoms with Gasteiger partial charge in [-0.15, -0.1) is 0 Å². The van der Waals surface area contributed by atoms with E-state index in [0.29, 0.717) is 32.2 Å². The monoisotopic (exact) mass is 1050 g/mol. The van der Waals surface area contributed by atoms with Gasteiger partial charge in [0.2, 0.25) is 53.2 Å². The van der Waals surface area contributed by atoms with Gasteiger partial charge in [0.1, 0.15) is 48.3 Å². The highest BCUT2D eigenvalue weighted by atomic mass is 16.2. The largest absolute Gasteiger partial charge is 0.370 e. The SMILES string of the molecule is CC[C@H](C)[C@H](NC(=O)[C@H](C)NC(=O)[C@H](CC(C)C)NC(=O)[C@H](CC(C)C)NC(=O)[C@H](CC(C)C)NC(=O)[C@H](C)N)C(=O)N[C@@H](CCCN=C(N)N)C(=O)N[C@@H](CCCCN)C(=O)N[C@@H](CCCN=C(N)N)C(N)=O. The molecule has 26 heteroatoms. The molecular formula is C48H93N17O9. The van der Waals surface area contributed by atoms with Crippen LogP contribution in [0.15, 0.2) is 9.98 Å². The molecule has 0 saturated carbocycles. The van der Waals surface area contributed by atoms with Crippen molar-refractivity contribution >= 4 is 65.1 Å². The Hall–Kier alpha value is -6.31. The number of rotatable bonds is 37. The predicted octanol–water partition coefficient (Wildman–Crippen LogP) is -2.86. The van der Waals surface area contributed by atoms with Crippen LogP contribution in [0.2, 0.25) is 0 Å². The van der Waals surface area contributed by atoms with Crippen LogP contribution < -0.4 is 82.7 Å². The molecule has 26 nitrogen and oxygen atoms in total. The van der Waals surface area contributed by atoms with Crippen molar-refractivity contribution in [1.29, 1.82) is 0 Å². The smallest absolute Gasteiger partial charge is 0.243 e. The van der Waals surface area contributed by atoms with Gasteiger partial charge in [-0.05, 0) is 108 Å². The van der Waals surface area contributed by atoms with Crippen molar-refractivity contribution < 1.29 is 43.2 Å². The standard InChI is InChI=1S/C48H93N17O9/c1-11-28(8)37(46(74)61-33(18-15-21-57-48(54)55)42(70)60-32(16-12-13-19-49)41(69)59-31(38(51)66)17-14-20-56-47(52)53)65-40(68)30(10)58-43(71)34(22-25(2)3)63-45(73)36(24-27(6)7)64-44(72)35(23-26(4)5)62-39(67)29(9)50/h25-37H,11-24,49-50H2,1-10H3,(H2,51,66)(H,58,71)(H,59,69)(H,60,70)(H,61,74)(H,62,67)(H,63,73)(H,64,72)(H,65,68)(H4,52,53,56)(H4,54,55,57)/t28-,29-,30-,31-,32-,33-,34-,35-,36-,37-/m0/s1. The summed E-state index contributed by atoms with van der Waals surface area (Å²) in [6.45, 7) is 18.1. The molecule has 0 aliphatic heterocycles. The molecule has 0 bridgehead atoms. The van der Waals surface area contributed by atoms with Gasteiger partial charge < -0.3 is 82.7 Å². The lowest BCUT2D eigenvalue weighted by atomic mass is 9.97. The first-order valence-electron chi connectivity index (χ1n) is 25.8. The maximum Gasteiger partial charge on any atom is 0.243 e. The molecule has 0 aromatic carbocycles. The number of primary amides is 1. The molecule has 424 valence electrons. The summed E-state index contributed by atoms with van der Waals surface area (Å²) in [6, 6.07) is -10.2. The average Bonchev–Trinajstić information content (AvgIpc) is 3.30. The van der Waals surface area contributed by atoms with Gasteiger partial charge >= 0.3 is 0 Å². The Labute approximate surface area is 437 Å². The zero-order chi connectivity index (χ0) is 56.8. The number of hydrogen-bond donors (Lipinski definition) is 15. The molecule has 0 aliphatic rings. The minimum Gasteiger partial charge on any atom is -0.370 e. The van der Waals surface area contributed by atoms with Crippen LogP contribution in [0.1, 0.15) is 140 Å². The second-order valence-corrected chi connectivity index (χ2v) is 20.2. The molecule has 22 N–H and O–H groups in total. The van der Waals surface area contributed by atoms with Crippen molar-refractivity contribution in [3.8, 4) is 0 Å². The number of carbonyl (C=O) groups excluding carboxylic acids is 9. The number of carbonyl (C=O) groups is 9. The van der Waals surface area contributed by atoms with E-state index in [1.54, 1.807) is 13.8 Å². The Morgan fingerprint density at radius 1 is 0.419 bits per heavy atom. The zero-order valence-electron chi connectivity index (χ0n) is 45.5. The number of nitrogens with zero attached hydrogens (tertiary/aromatic N) is 2. The number of aliphatic imine (C=N–C) groups is 2. The van der Waals surface area contributed by atoms with Gasteiger partial charge in [0.15, 0.2) is 11.9 Å². The molecule has 0 radical (unpaired) electrons. The van der Waals surface area contributed by atoms with Crippen molar-refractivity contribution in [2.24, 2.45) is 73.8 Å². The number of hydrogen-bond acceptors (Lipinski definition) is 13. The first kappa shape index (κ1) is 67.7. The molecule has 0 aromatic heterocycles. The van der Waals surface area contributed by atoms with Crippen molar-refractivity contribution in [2.75, 3.05) is 19.6 Å². The Morgan fingerprint density at radius 2 is 0.770 bits per heavy atom. The molecule has 0 heterocycles. The van der Waals surface area contributed by atoms with Crippen LogP contribution in [-0.4, -0.2) is 139 Å². The summed E-state index contributed by atoms with van der Waals surface area (Å²) in [4.78, 5) is 130. The average molecular weight is 1050 g/mol. The van der Waals surface area contributed by atoms with Gasteiger partial charge in [0.05, 0.1) is 6.04 Å². The fourth-order valence-electron chi connectivity index (χ4n) is 7.45. The minimum atomic E-state index is -1.28. The number of unbranched alkanes of at least 4 members (excludes halogenated alkanes) is 1. The molecule has 9 amide bonds. The predicted molar refractivity (Wildman–Crippen MR) is 285 cm³/mol. The molecule has 0 saturated heterocycles. The summed E-state index contributed by atoms with van der Waals surface area (Å²) in [5.41, 5.74) is 38.8. The van der Waals surface area contributed by atoms with E-state index < -0.39 is 113 Å². The Kier molecular flexibility index (Phi) is 32.7. The topological polar surface area (TPSA) is 457 Å². The van der Waals surface area contributed by atoms with E-state index in [1.165, 1.54) is 13.8 Å². The molecule has 0 aliphatic carbocycles. The van der Waals surface area contributed by atoms with E-state index >= 15 is 0 Å². The second-order valence-electron chi connectivity index (χ2n) is 20.2. The van der Waals surface area contributed by atoms with Gasteiger partial charge in [-0.2, -0.15) is 0 Å². The molecule has 0 spiro atoms. The third-order valence-electron chi connectivity index (χ3n) is 11.7. The maximum absolute atomic E-state index is 14.2. The van der Waals surface area contributed by atoms with Crippen LogP contribution in [0.25, 0.3) is 0 Å². The lowest BCUT2D eigenvalue weighted by molar-refractivity contribution is -0.136. The normalized spacial score (nSPS) is 15.3. The van der Waals surface area contributed by atoms with Gasteiger partial charge in [0, 0.05) is 13.1 Å². The van der Waals surface area contributed by atoms with E-state index in [0.717, 1.165) is 0 Å². The zero-order valence-corrected chi connectivity index (χ0v) is 45.5. The summed E-state index contributed by atoms with van der Waals surface area (Å²) < 4.78 is 0. The van der Waals surface area contributed by atoms with E-state index in [1.807, 2.05) is 41.5 Å². The van der Waals surface area contributed by atoms with E-state index in [4.69, 9.17) is 40.1 Å². The van der Waals surface area contributed by atoms with E-state index in [-0.39, 0.29) is 87.7 Å². The maximum atomic E-state index is 14.2.